The van der Waals surface area contributed by atoms with Crippen LogP contribution in [0.2, 0.25) is 0 Å². The predicted octanol–water partition coefficient (Wildman–Crippen LogP) is 2.09. The molecule has 0 saturated heterocycles. The monoisotopic (exact) mass is 337 g/mol. The Kier molecular flexibility index (Phi) is 4.24. The van der Waals surface area contributed by atoms with Crippen LogP contribution in [0, 0.1) is 6.92 Å². The Morgan fingerprint density at radius 3 is 2.86 bits per heavy atom. The highest BCUT2D eigenvalue weighted by Crippen LogP contribution is 2.22. The van der Waals surface area contributed by atoms with E-state index in [4.69, 9.17) is 0 Å². The second-order valence-corrected chi connectivity index (χ2v) is 7.50. The Labute approximate surface area is 136 Å². The van der Waals surface area contributed by atoms with E-state index in [0.29, 0.717) is 16.3 Å². The molecule has 8 heteroatoms. The Bertz CT molecular complexity index is 877. The SMILES string of the molecule is CSc1nn(CCCN(C)C)c2nc3sc(C)cc3c(=O)n12. The first kappa shape index (κ1) is 15.5. The average Bonchev–Trinajstić information content (AvgIpc) is 3.00. The summed E-state index contributed by atoms with van der Waals surface area (Å²) in [5.74, 6) is 0.641. The number of fused-ring (bicyclic) bond motifs is 2. The number of rotatable bonds is 5. The van der Waals surface area contributed by atoms with Gasteiger partial charge in [0.2, 0.25) is 5.78 Å². The molecule has 3 aromatic heterocycles. The minimum absolute atomic E-state index is 0.0208. The molecule has 6 nitrogen and oxygen atoms in total. The van der Waals surface area contributed by atoms with Gasteiger partial charge in [-0.15, -0.1) is 16.4 Å². The molecular weight excluding hydrogens is 318 g/mol. The van der Waals surface area contributed by atoms with Crippen LogP contribution in [0.3, 0.4) is 0 Å². The maximum atomic E-state index is 12.7. The van der Waals surface area contributed by atoms with Gasteiger partial charge in [-0.1, -0.05) is 11.8 Å². The van der Waals surface area contributed by atoms with Gasteiger partial charge in [0.15, 0.2) is 5.16 Å². The molecule has 0 radical (unpaired) electrons. The molecule has 0 spiro atoms. The summed E-state index contributed by atoms with van der Waals surface area (Å²) in [6.07, 6.45) is 2.90. The molecule has 0 amide bonds. The van der Waals surface area contributed by atoms with Gasteiger partial charge in [-0.05, 0) is 46.3 Å². The summed E-state index contributed by atoms with van der Waals surface area (Å²) in [5.41, 5.74) is -0.0208. The maximum absolute atomic E-state index is 12.7. The Hall–Kier alpha value is -1.38. The van der Waals surface area contributed by atoms with Crippen molar-refractivity contribution in [3.8, 4) is 0 Å². The zero-order chi connectivity index (χ0) is 15.9. The molecule has 0 bridgehead atoms. The number of nitrogens with zero attached hydrogens (tertiary/aromatic N) is 5. The number of aryl methyl sites for hydroxylation is 2. The molecule has 0 aromatic carbocycles. The summed E-state index contributed by atoms with van der Waals surface area (Å²) < 4.78 is 3.49. The van der Waals surface area contributed by atoms with E-state index in [0.717, 1.165) is 29.2 Å². The lowest BCUT2D eigenvalue weighted by molar-refractivity contribution is 0.381. The fraction of sp³-hybridized carbons (Fsp3) is 0.500. The van der Waals surface area contributed by atoms with Crippen LogP contribution in [0.4, 0.5) is 0 Å². The molecular formula is C14H19N5OS2. The van der Waals surface area contributed by atoms with Crippen molar-refractivity contribution in [1.82, 2.24) is 24.1 Å². The molecule has 0 aliphatic carbocycles. The molecule has 3 rings (SSSR count). The Morgan fingerprint density at radius 2 is 2.18 bits per heavy atom. The summed E-state index contributed by atoms with van der Waals surface area (Å²) in [6, 6.07) is 1.91. The molecule has 0 unspecified atom stereocenters. The Balaban J connectivity index is 2.15. The lowest BCUT2D eigenvalue weighted by atomic mass is 10.4. The molecule has 3 aromatic rings. The van der Waals surface area contributed by atoms with Crippen LogP contribution in [0.1, 0.15) is 11.3 Å². The highest BCUT2D eigenvalue weighted by atomic mass is 32.2. The Morgan fingerprint density at radius 1 is 1.41 bits per heavy atom. The normalized spacial score (nSPS) is 12.0. The van der Waals surface area contributed by atoms with E-state index < -0.39 is 0 Å². The van der Waals surface area contributed by atoms with Crippen LogP contribution in [-0.4, -0.2) is 51.0 Å². The van der Waals surface area contributed by atoms with Crippen LogP contribution in [-0.2, 0) is 6.54 Å². The number of aromatic nitrogens is 4. The predicted molar refractivity (Wildman–Crippen MR) is 92.3 cm³/mol. The van der Waals surface area contributed by atoms with E-state index >= 15 is 0 Å². The third-order valence-electron chi connectivity index (χ3n) is 3.46. The van der Waals surface area contributed by atoms with Gasteiger partial charge in [-0.2, -0.15) is 0 Å². The van der Waals surface area contributed by atoms with Gasteiger partial charge in [0.1, 0.15) is 4.83 Å². The smallest absolute Gasteiger partial charge is 0.270 e. The topological polar surface area (TPSA) is 55.4 Å². The number of thioether (sulfide) groups is 1. The van der Waals surface area contributed by atoms with E-state index in [1.165, 1.54) is 11.8 Å². The standard InChI is InChI=1S/C14H19N5OS2/c1-9-8-10-11(22-9)15-13-18(7-5-6-17(2)3)16-14(21-4)19(13)12(10)20/h8H,5-7H2,1-4H3. The van der Waals surface area contributed by atoms with Gasteiger partial charge in [-0.3, -0.25) is 4.79 Å². The lowest BCUT2D eigenvalue weighted by Crippen LogP contribution is -2.17. The molecule has 0 N–H and O–H groups in total. The van der Waals surface area contributed by atoms with Gasteiger partial charge in [-0.25, -0.2) is 14.1 Å². The van der Waals surface area contributed by atoms with Crippen molar-refractivity contribution in [3.63, 3.8) is 0 Å². The zero-order valence-electron chi connectivity index (χ0n) is 13.2. The number of hydrogen-bond donors (Lipinski definition) is 0. The van der Waals surface area contributed by atoms with Crippen LogP contribution < -0.4 is 5.56 Å². The van der Waals surface area contributed by atoms with Gasteiger partial charge in [0, 0.05) is 11.4 Å². The van der Waals surface area contributed by atoms with E-state index in [1.807, 2.05) is 23.9 Å². The molecule has 0 fully saturated rings. The van der Waals surface area contributed by atoms with Crippen LogP contribution in [0.5, 0.6) is 0 Å². The van der Waals surface area contributed by atoms with Crippen molar-refractivity contribution in [2.75, 3.05) is 26.9 Å². The molecule has 0 saturated carbocycles. The molecule has 0 aliphatic rings. The summed E-state index contributed by atoms with van der Waals surface area (Å²) in [5, 5.41) is 5.94. The number of thiophene rings is 1. The van der Waals surface area contributed by atoms with E-state index in [2.05, 4.69) is 29.1 Å². The fourth-order valence-electron chi connectivity index (χ4n) is 2.45. The van der Waals surface area contributed by atoms with Gasteiger partial charge >= 0.3 is 0 Å². The van der Waals surface area contributed by atoms with Gasteiger partial charge in [0.05, 0.1) is 5.39 Å². The van der Waals surface area contributed by atoms with E-state index in [-0.39, 0.29) is 5.56 Å². The first-order chi connectivity index (χ1) is 10.5. The largest absolute Gasteiger partial charge is 0.309 e. The molecule has 22 heavy (non-hydrogen) atoms. The zero-order valence-corrected chi connectivity index (χ0v) is 14.8. The first-order valence-corrected chi connectivity index (χ1v) is 9.14. The molecule has 3 heterocycles. The first-order valence-electron chi connectivity index (χ1n) is 7.09. The third-order valence-corrected chi connectivity index (χ3v) is 5.03. The molecule has 118 valence electrons. The second kappa shape index (κ2) is 6.02. The molecule has 0 aliphatic heterocycles. The van der Waals surface area contributed by atoms with Crippen molar-refractivity contribution < 1.29 is 0 Å². The second-order valence-electron chi connectivity index (χ2n) is 5.49. The minimum Gasteiger partial charge on any atom is -0.309 e. The highest BCUT2D eigenvalue weighted by molar-refractivity contribution is 7.98. The van der Waals surface area contributed by atoms with Crippen molar-refractivity contribution >= 4 is 39.1 Å². The summed E-state index contributed by atoms with van der Waals surface area (Å²) in [6.45, 7) is 3.73. The number of hydrogen-bond acceptors (Lipinski definition) is 6. The van der Waals surface area contributed by atoms with Crippen molar-refractivity contribution in [2.24, 2.45) is 0 Å². The van der Waals surface area contributed by atoms with Crippen LogP contribution >= 0.6 is 23.1 Å². The van der Waals surface area contributed by atoms with E-state index in [9.17, 15) is 4.79 Å². The van der Waals surface area contributed by atoms with Crippen LogP contribution in [0.25, 0.3) is 16.0 Å². The average molecular weight is 337 g/mol. The lowest BCUT2D eigenvalue weighted by Gasteiger charge is -2.08. The summed E-state index contributed by atoms with van der Waals surface area (Å²) in [7, 11) is 4.10. The summed E-state index contributed by atoms with van der Waals surface area (Å²) >= 11 is 3.03. The minimum atomic E-state index is -0.0208. The molecule has 0 atom stereocenters. The van der Waals surface area contributed by atoms with E-state index in [1.54, 1.807) is 15.7 Å². The van der Waals surface area contributed by atoms with Gasteiger partial charge < -0.3 is 4.90 Å². The van der Waals surface area contributed by atoms with Gasteiger partial charge in [0.25, 0.3) is 5.56 Å². The third kappa shape index (κ3) is 2.66. The van der Waals surface area contributed by atoms with Crippen molar-refractivity contribution in [1.29, 1.82) is 0 Å². The van der Waals surface area contributed by atoms with Crippen molar-refractivity contribution in [3.05, 3.63) is 21.3 Å². The van der Waals surface area contributed by atoms with Crippen molar-refractivity contribution in [2.45, 2.75) is 25.0 Å². The highest BCUT2D eigenvalue weighted by Gasteiger charge is 2.16. The van der Waals surface area contributed by atoms with Crippen LogP contribution in [0.15, 0.2) is 16.0 Å². The fourth-order valence-corrected chi connectivity index (χ4v) is 3.84. The summed E-state index contributed by atoms with van der Waals surface area (Å²) in [4.78, 5) is 21.5. The maximum Gasteiger partial charge on any atom is 0.270 e. The quantitative estimate of drug-likeness (QED) is 0.667.